The Bertz CT molecular complexity index is 286. The Morgan fingerprint density at radius 3 is 3.07 bits per heavy atom. The molecule has 4 atom stereocenters. The Morgan fingerprint density at radius 1 is 1.40 bits per heavy atom. The van der Waals surface area contributed by atoms with Crippen molar-refractivity contribution in [1.82, 2.24) is 0 Å². The lowest BCUT2D eigenvalue weighted by molar-refractivity contribution is -0.161. The van der Waals surface area contributed by atoms with Crippen molar-refractivity contribution in [1.29, 1.82) is 0 Å². The van der Waals surface area contributed by atoms with Gasteiger partial charge >= 0.3 is 5.97 Å². The molecule has 3 saturated carbocycles. The van der Waals surface area contributed by atoms with Gasteiger partial charge in [0.15, 0.2) is 0 Å². The Hall–Kier alpha value is -0.530. The minimum Gasteiger partial charge on any atom is -0.466 e. The molecule has 0 unspecified atom stereocenters. The summed E-state index contributed by atoms with van der Waals surface area (Å²) in [7, 11) is 0. The second kappa shape index (κ2) is 3.23. The van der Waals surface area contributed by atoms with E-state index in [1.165, 1.54) is 32.1 Å². The van der Waals surface area contributed by atoms with Crippen LogP contribution in [0.25, 0.3) is 0 Å². The van der Waals surface area contributed by atoms with Crippen LogP contribution in [-0.2, 0) is 9.53 Å². The molecule has 0 aromatic carbocycles. The number of fused-ring (bicyclic) bond motifs is 5. The second-order valence-corrected chi connectivity index (χ2v) is 5.53. The van der Waals surface area contributed by atoms with E-state index < -0.39 is 0 Å². The van der Waals surface area contributed by atoms with E-state index in [0.717, 1.165) is 12.3 Å². The van der Waals surface area contributed by atoms with Gasteiger partial charge in [-0.2, -0.15) is 0 Å². The third kappa shape index (κ3) is 1.08. The summed E-state index contributed by atoms with van der Waals surface area (Å²) < 4.78 is 5.34. The maximum absolute atomic E-state index is 12.2. The molecule has 0 amide bonds. The van der Waals surface area contributed by atoms with Gasteiger partial charge in [0.1, 0.15) is 0 Å². The van der Waals surface area contributed by atoms with Gasteiger partial charge in [0, 0.05) is 0 Å². The molecule has 3 aliphatic carbocycles. The molecule has 0 radical (unpaired) electrons. The lowest BCUT2D eigenvalue weighted by atomic mass is 9.68. The van der Waals surface area contributed by atoms with Gasteiger partial charge < -0.3 is 4.74 Å². The number of esters is 1. The third-order valence-corrected chi connectivity index (χ3v) is 5.19. The van der Waals surface area contributed by atoms with Crippen LogP contribution in [0, 0.1) is 23.2 Å². The first-order chi connectivity index (χ1) is 7.29. The molecule has 0 spiro atoms. The number of hydrogen-bond acceptors (Lipinski definition) is 2. The second-order valence-electron chi connectivity index (χ2n) is 5.53. The van der Waals surface area contributed by atoms with E-state index in [2.05, 4.69) is 0 Å². The zero-order valence-corrected chi connectivity index (χ0v) is 9.50. The minimum absolute atomic E-state index is 0.0288. The Balaban J connectivity index is 1.91. The predicted molar refractivity (Wildman–Crippen MR) is 57.2 cm³/mol. The quantitative estimate of drug-likeness (QED) is 0.652. The van der Waals surface area contributed by atoms with Gasteiger partial charge in [-0.25, -0.2) is 0 Å². The lowest BCUT2D eigenvalue weighted by Crippen LogP contribution is -2.41. The molecular formula is C13H20O2. The van der Waals surface area contributed by atoms with Gasteiger partial charge in [0.25, 0.3) is 0 Å². The number of carbonyl (C=O) groups excluding carboxylic acids is 1. The molecule has 3 fully saturated rings. The van der Waals surface area contributed by atoms with Gasteiger partial charge in [0.2, 0.25) is 0 Å². The predicted octanol–water partition coefficient (Wildman–Crippen LogP) is 2.77. The van der Waals surface area contributed by atoms with E-state index in [1.54, 1.807) is 0 Å². The van der Waals surface area contributed by atoms with Crippen LogP contribution in [0.15, 0.2) is 0 Å². The van der Waals surface area contributed by atoms with Gasteiger partial charge in [-0.1, -0.05) is 6.42 Å². The molecule has 0 aliphatic heterocycles. The molecule has 84 valence electrons. The van der Waals surface area contributed by atoms with Gasteiger partial charge in [0.05, 0.1) is 12.0 Å². The highest BCUT2D eigenvalue weighted by molar-refractivity contribution is 5.79. The zero-order chi connectivity index (χ0) is 10.5. The molecule has 0 N–H and O–H groups in total. The monoisotopic (exact) mass is 208 g/mol. The number of carbonyl (C=O) groups is 1. The highest BCUT2D eigenvalue weighted by Crippen LogP contribution is 2.66. The van der Waals surface area contributed by atoms with E-state index in [-0.39, 0.29) is 11.4 Å². The summed E-state index contributed by atoms with van der Waals surface area (Å²) in [5, 5.41) is 0. The summed E-state index contributed by atoms with van der Waals surface area (Å²) in [6.45, 7) is 2.47. The van der Waals surface area contributed by atoms with Crippen LogP contribution in [0.5, 0.6) is 0 Å². The first-order valence-corrected chi connectivity index (χ1v) is 6.46. The largest absolute Gasteiger partial charge is 0.466 e. The Morgan fingerprint density at radius 2 is 2.27 bits per heavy atom. The van der Waals surface area contributed by atoms with Crippen LogP contribution in [-0.4, -0.2) is 12.6 Å². The first kappa shape index (κ1) is 9.68. The highest BCUT2D eigenvalue weighted by atomic mass is 16.5. The van der Waals surface area contributed by atoms with Crippen LogP contribution in [0.2, 0.25) is 0 Å². The summed E-state index contributed by atoms with van der Waals surface area (Å²) in [6, 6.07) is 0. The van der Waals surface area contributed by atoms with Gasteiger partial charge in [-0.05, 0) is 56.8 Å². The van der Waals surface area contributed by atoms with Crippen molar-refractivity contribution in [2.45, 2.75) is 45.4 Å². The van der Waals surface area contributed by atoms with Gasteiger partial charge in [-0.15, -0.1) is 0 Å². The molecule has 2 nitrogen and oxygen atoms in total. The SMILES string of the molecule is CCOC(=O)[C@]12CCC[C@H]1[C@@H]1CC[C@H]2C1. The van der Waals surface area contributed by atoms with Gasteiger partial charge in [-0.3, -0.25) is 4.79 Å². The maximum Gasteiger partial charge on any atom is 0.312 e. The topological polar surface area (TPSA) is 26.3 Å². The normalized spacial score (nSPS) is 46.9. The fourth-order valence-corrected chi connectivity index (χ4v) is 4.76. The molecule has 3 rings (SSSR count). The molecule has 2 bridgehead atoms. The zero-order valence-electron chi connectivity index (χ0n) is 9.50. The third-order valence-electron chi connectivity index (χ3n) is 5.19. The molecule has 15 heavy (non-hydrogen) atoms. The van der Waals surface area contributed by atoms with E-state index >= 15 is 0 Å². The Kier molecular flexibility index (Phi) is 2.08. The van der Waals surface area contributed by atoms with Crippen LogP contribution in [0.4, 0.5) is 0 Å². The van der Waals surface area contributed by atoms with E-state index in [9.17, 15) is 4.79 Å². The maximum atomic E-state index is 12.2. The lowest BCUT2D eigenvalue weighted by Gasteiger charge is -2.36. The summed E-state index contributed by atoms with van der Waals surface area (Å²) in [4.78, 5) is 12.2. The van der Waals surface area contributed by atoms with Crippen LogP contribution in [0.1, 0.15) is 45.4 Å². The molecule has 0 aromatic rings. The molecular weight excluding hydrogens is 188 g/mol. The van der Waals surface area contributed by atoms with Crippen molar-refractivity contribution < 1.29 is 9.53 Å². The number of ether oxygens (including phenoxy) is 1. The highest BCUT2D eigenvalue weighted by Gasteiger charge is 2.64. The van der Waals surface area contributed by atoms with Crippen LogP contribution < -0.4 is 0 Å². The fourth-order valence-electron chi connectivity index (χ4n) is 4.76. The van der Waals surface area contributed by atoms with E-state index in [4.69, 9.17) is 4.74 Å². The average molecular weight is 208 g/mol. The fraction of sp³-hybridized carbons (Fsp3) is 0.923. The molecule has 2 heteroatoms. The summed E-state index contributed by atoms with van der Waals surface area (Å²) in [6.07, 6.45) is 7.59. The summed E-state index contributed by atoms with van der Waals surface area (Å²) in [5.41, 5.74) is -0.0288. The number of hydrogen-bond donors (Lipinski definition) is 0. The minimum atomic E-state index is -0.0288. The van der Waals surface area contributed by atoms with Crippen LogP contribution >= 0.6 is 0 Å². The Labute approximate surface area is 91.4 Å². The summed E-state index contributed by atoms with van der Waals surface area (Å²) in [5.74, 6) is 2.32. The van der Waals surface area contributed by atoms with E-state index in [0.29, 0.717) is 18.4 Å². The summed E-state index contributed by atoms with van der Waals surface area (Å²) >= 11 is 0. The van der Waals surface area contributed by atoms with Crippen molar-refractivity contribution in [2.75, 3.05) is 6.61 Å². The van der Waals surface area contributed by atoms with Crippen molar-refractivity contribution >= 4 is 5.97 Å². The van der Waals surface area contributed by atoms with Crippen LogP contribution in [0.3, 0.4) is 0 Å². The van der Waals surface area contributed by atoms with Crippen molar-refractivity contribution in [3.05, 3.63) is 0 Å². The molecule has 0 heterocycles. The first-order valence-electron chi connectivity index (χ1n) is 6.46. The van der Waals surface area contributed by atoms with Crippen molar-refractivity contribution in [2.24, 2.45) is 23.2 Å². The molecule has 0 aromatic heterocycles. The van der Waals surface area contributed by atoms with E-state index in [1.807, 2.05) is 6.92 Å². The number of rotatable bonds is 2. The molecule has 3 aliphatic rings. The smallest absolute Gasteiger partial charge is 0.312 e. The standard InChI is InChI=1S/C13H20O2/c1-2-15-12(14)13-7-3-4-11(13)9-5-6-10(13)8-9/h9-11H,2-8H2,1H3/t9-,10+,11+,13+/m1/s1. The van der Waals surface area contributed by atoms with Crippen molar-refractivity contribution in [3.8, 4) is 0 Å². The van der Waals surface area contributed by atoms with Crippen molar-refractivity contribution in [3.63, 3.8) is 0 Å². The molecule has 0 saturated heterocycles. The average Bonchev–Trinajstić information content (AvgIpc) is 2.90.